The molecule has 17 heavy (non-hydrogen) atoms. The molecule has 0 spiro atoms. The van der Waals surface area contributed by atoms with E-state index in [1.807, 2.05) is 18.8 Å². The van der Waals surface area contributed by atoms with Crippen LogP contribution in [-0.4, -0.2) is 16.8 Å². The van der Waals surface area contributed by atoms with Gasteiger partial charge in [0.1, 0.15) is 0 Å². The van der Waals surface area contributed by atoms with Crippen molar-refractivity contribution < 1.29 is 0 Å². The third kappa shape index (κ3) is 2.76. The van der Waals surface area contributed by atoms with Gasteiger partial charge in [-0.05, 0) is 42.3 Å². The van der Waals surface area contributed by atoms with E-state index in [1.165, 1.54) is 16.8 Å². The second-order valence-corrected chi connectivity index (χ2v) is 5.02. The monoisotopic (exact) mass is 249 g/mol. The minimum Gasteiger partial charge on any atom is -0.313 e. The van der Waals surface area contributed by atoms with Gasteiger partial charge in [-0.25, -0.2) is 0 Å². The van der Waals surface area contributed by atoms with E-state index < -0.39 is 0 Å². The number of aryl methyl sites for hydroxylation is 2. The van der Waals surface area contributed by atoms with Crippen molar-refractivity contribution >= 4 is 11.3 Å². The quantitative estimate of drug-likeness (QED) is 0.882. The van der Waals surface area contributed by atoms with Crippen LogP contribution in [0.15, 0.2) is 23.0 Å². The lowest BCUT2D eigenvalue weighted by Crippen LogP contribution is -2.19. The lowest BCUT2D eigenvalue weighted by atomic mass is 10.0. The summed E-state index contributed by atoms with van der Waals surface area (Å²) in [5.41, 5.74) is 3.91. The summed E-state index contributed by atoms with van der Waals surface area (Å²) in [5, 5.41) is 12.2. The third-order valence-electron chi connectivity index (χ3n) is 3.02. The van der Waals surface area contributed by atoms with Crippen LogP contribution in [0.2, 0.25) is 0 Å². The number of nitrogens with one attached hydrogen (secondary N) is 1. The first-order valence-electron chi connectivity index (χ1n) is 5.95. The molecule has 2 aromatic heterocycles. The van der Waals surface area contributed by atoms with Crippen LogP contribution in [0.1, 0.15) is 29.8 Å². The number of rotatable bonds is 5. The molecule has 0 amide bonds. The average Bonchev–Trinajstić information content (AvgIpc) is 2.94. The zero-order valence-electron chi connectivity index (χ0n) is 10.6. The molecule has 0 bridgehead atoms. The summed E-state index contributed by atoms with van der Waals surface area (Å²) in [5.74, 6) is 0. The minimum absolute atomic E-state index is 0.355. The molecule has 2 rings (SSSR count). The number of aromatic nitrogens is 2. The molecule has 0 radical (unpaired) electrons. The van der Waals surface area contributed by atoms with Crippen molar-refractivity contribution in [3.05, 3.63) is 39.8 Å². The van der Waals surface area contributed by atoms with Crippen LogP contribution in [0.25, 0.3) is 0 Å². The Kier molecular flexibility index (Phi) is 3.97. The van der Waals surface area contributed by atoms with Gasteiger partial charge < -0.3 is 5.32 Å². The molecule has 0 aliphatic heterocycles. The van der Waals surface area contributed by atoms with Crippen LogP contribution in [0.5, 0.6) is 0 Å². The molecule has 2 aromatic rings. The van der Waals surface area contributed by atoms with Crippen LogP contribution in [0.3, 0.4) is 0 Å². The predicted molar refractivity (Wildman–Crippen MR) is 72.4 cm³/mol. The molecule has 0 aromatic carbocycles. The number of nitrogens with zero attached hydrogens (tertiary/aromatic N) is 2. The predicted octanol–water partition coefficient (Wildman–Crippen LogP) is 2.55. The smallest absolute Gasteiger partial charge is 0.0669 e. The largest absolute Gasteiger partial charge is 0.313 e. The Morgan fingerprint density at radius 3 is 2.94 bits per heavy atom. The van der Waals surface area contributed by atoms with Gasteiger partial charge in [0.2, 0.25) is 0 Å². The normalized spacial score (nSPS) is 12.9. The maximum absolute atomic E-state index is 4.51. The summed E-state index contributed by atoms with van der Waals surface area (Å²) in [7, 11) is 4.00. The van der Waals surface area contributed by atoms with Gasteiger partial charge in [-0.2, -0.15) is 16.4 Å². The van der Waals surface area contributed by atoms with Gasteiger partial charge in [-0.15, -0.1) is 0 Å². The molecule has 1 unspecified atom stereocenters. The fraction of sp³-hybridized carbons (Fsp3) is 0.462. The summed E-state index contributed by atoms with van der Waals surface area (Å²) in [6.07, 6.45) is 4.14. The Morgan fingerprint density at radius 1 is 1.53 bits per heavy atom. The number of hydrogen-bond donors (Lipinski definition) is 1. The Hall–Kier alpha value is -1.13. The second-order valence-electron chi connectivity index (χ2n) is 4.24. The fourth-order valence-corrected chi connectivity index (χ4v) is 2.81. The maximum atomic E-state index is 4.51. The van der Waals surface area contributed by atoms with Gasteiger partial charge in [0.15, 0.2) is 0 Å². The first-order chi connectivity index (χ1) is 8.24. The van der Waals surface area contributed by atoms with E-state index in [9.17, 15) is 0 Å². The van der Waals surface area contributed by atoms with E-state index in [2.05, 4.69) is 40.4 Å². The first kappa shape index (κ1) is 12.3. The highest BCUT2D eigenvalue weighted by Gasteiger charge is 2.16. The fourth-order valence-electron chi connectivity index (χ4n) is 2.13. The number of likely N-dealkylation sites (N-methyl/N-ethyl adjacent to an activating group) is 1. The summed E-state index contributed by atoms with van der Waals surface area (Å²) in [6.45, 7) is 2.16. The molecule has 1 N–H and O–H groups in total. The number of hydrogen-bond acceptors (Lipinski definition) is 3. The molecule has 0 saturated carbocycles. The van der Waals surface area contributed by atoms with E-state index in [0.29, 0.717) is 6.04 Å². The lowest BCUT2D eigenvalue weighted by molar-refractivity contribution is 0.587. The summed E-state index contributed by atoms with van der Waals surface area (Å²) < 4.78 is 1.91. The summed E-state index contributed by atoms with van der Waals surface area (Å²) in [4.78, 5) is 0. The highest BCUT2D eigenvalue weighted by Crippen LogP contribution is 2.22. The Labute approximate surface area is 106 Å². The SMILES string of the molecule is CCc1nn(C)cc1C(Cc1ccsc1)NC. The third-order valence-corrected chi connectivity index (χ3v) is 3.75. The van der Waals surface area contributed by atoms with E-state index in [0.717, 1.165) is 12.8 Å². The van der Waals surface area contributed by atoms with Gasteiger partial charge in [0.25, 0.3) is 0 Å². The molecule has 0 saturated heterocycles. The first-order valence-corrected chi connectivity index (χ1v) is 6.89. The van der Waals surface area contributed by atoms with E-state index in [4.69, 9.17) is 0 Å². The van der Waals surface area contributed by atoms with Gasteiger partial charge in [-0.1, -0.05) is 6.92 Å². The van der Waals surface area contributed by atoms with Crippen LogP contribution < -0.4 is 5.32 Å². The highest BCUT2D eigenvalue weighted by atomic mass is 32.1. The highest BCUT2D eigenvalue weighted by molar-refractivity contribution is 7.07. The van der Waals surface area contributed by atoms with E-state index in [-0.39, 0.29) is 0 Å². The summed E-state index contributed by atoms with van der Waals surface area (Å²) >= 11 is 1.75. The topological polar surface area (TPSA) is 29.9 Å². The van der Waals surface area contributed by atoms with Crippen molar-refractivity contribution in [3.63, 3.8) is 0 Å². The van der Waals surface area contributed by atoms with Crippen LogP contribution in [0.4, 0.5) is 0 Å². The van der Waals surface area contributed by atoms with Gasteiger partial charge in [0, 0.05) is 24.8 Å². The standard InChI is InChI=1S/C13H19N3S/c1-4-12-11(8-16(3)15-12)13(14-2)7-10-5-6-17-9-10/h5-6,8-9,13-14H,4,7H2,1-3H3. The zero-order chi connectivity index (χ0) is 12.3. The van der Waals surface area contributed by atoms with E-state index >= 15 is 0 Å². The average molecular weight is 249 g/mol. The molecule has 0 fully saturated rings. The van der Waals surface area contributed by atoms with Crippen molar-refractivity contribution in [2.45, 2.75) is 25.8 Å². The maximum Gasteiger partial charge on any atom is 0.0669 e. The zero-order valence-corrected chi connectivity index (χ0v) is 11.4. The van der Waals surface area contributed by atoms with Crippen LogP contribution in [-0.2, 0) is 19.9 Å². The molecular weight excluding hydrogens is 230 g/mol. The second kappa shape index (κ2) is 5.47. The molecule has 3 nitrogen and oxygen atoms in total. The molecule has 1 atom stereocenters. The van der Waals surface area contributed by atoms with Crippen molar-refractivity contribution in [3.8, 4) is 0 Å². The van der Waals surface area contributed by atoms with Gasteiger partial charge in [-0.3, -0.25) is 4.68 Å². The lowest BCUT2D eigenvalue weighted by Gasteiger charge is -2.15. The molecule has 0 aliphatic carbocycles. The van der Waals surface area contributed by atoms with Crippen LogP contribution >= 0.6 is 11.3 Å². The molecule has 2 heterocycles. The Morgan fingerprint density at radius 2 is 2.35 bits per heavy atom. The van der Waals surface area contributed by atoms with Crippen LogP contribution in [0, 0.1) is 0 Å². The van der Waals surface area contributed by atoms with Crippen molar-refractivity contribution in [1.82, 2.24) is 15.1 Å². The van der Waals surface area contributed by atoms with Crippen molar-refractivity contribution in [2.24, 2.45) is 7.05 Å². The Balaban J connectivity index is 2.22. The number of thiophene rings is 1. The van der Waals surface area contributed by atoms with E-state index in [1.54, 1.807) is 11.3 Å². The van der Waals surface area contributed by atoms with Gasteiger partial charge >= 0.3 is 0 Å². The van der Waals surface area contributed by atoms with Gasteiger partial charge in [0.05, 0.1) is 5.69 Å². The van der Waals surface area contributed by atoms with Crippen molar-refractivity contribution in [2.75, 3.05) is 7.05 Å². The Bertz CT molecular complexity index is 459. The molecular formula is C13H19N3S. The minimum atomic E-state index is 0.355. The molecule has 0 aliphatic rings. The summed E-state index contributed by atoms with van der Waals surface area (Å²) in [6, 6.07) is 2.55. The molecule has 4 heteroatoms. The molecule has 92 valence electrons. The van der Waals surface area contributed by atoms with Crippen molar-refractivity contribution in [1.29, 1.82) is 0 Å².